The Balaban J connectivity index is 1.62. The molecule has 0 aliphatic heterocycles. The highest BCUT2D eigenvalue weighted by Gasteiger charge is 2.15. The Morgan fingerprint density at radius 3 is 2.93 bits per heavy atom. The maximum Gasteiger partial charge on any atom is 0.286 e. The first-order valence-corrected chi connectivity index (χ1v) is 8.99. The summed E-state index contributed by atoms with van der Waals surface area (Å²) in [4.78, 5) is 29.5. The lowest BCUT2D eigenvalue weighted by molar-refractivity contribution is 0.0919. The van der Waals surface area contributed by atoms with Gasteiger partial charge in [0.1, 0.15) is 11.3 Å². The predicted octanol–water partition coefficient (Wildman–Crippen LogP) is 2.06. The van der Waals surface area contributed by atoms with Crippen LogP contribution < -0.4 is 10.9 Å². The van der Waals surface area contributed by atoms with Crippen molar-refractivity contribution in [2.45, 2.75) is 13.0 Å². The van der Waals surface area contributed by atoms with Gasteiger partial charge in [-0.15, -0.1) is 0 Å². The molecule has 0 aliphatic rings. The van der Waals surface area contributed by atoms with Crippen LogP contribution in [0.5, 0.6) is 0 Å². The maximum absolute atomic E-state index is 12.9. The summed E-state index contributed by atoms with van der Waals surface area (Å²) in [7, 11) is 1.62. The van der Waals surface area contributed by atoms with E-state index in [9.17, 15) is 9.59 Å². The fraction of sp³-hybridized carbons (Fsp3) is 0.250. The molecule has 8 heteroatoms. The molecule has 28 heavy (non-hydrogen) atoms. The van der Waals surface area contributed by atoms with Crippen molar-refractivity contribution in [3.8, 4) is 0 Å². The number of aromatic nitrogens is 3. The molecule has 4 aromatic rings. The van der Waals surface area contributed by atoms with Crippen LogP contribution in [0.25, 0.3) is 16.7 Å². The minimum Gasteiger partial charge on any atom is -0.454 e. The molecule has 0 fully saturated rings. The zero-order valence-electron chi connectivity index (χ0n) is 15.4. The zero-order chi connectivity index (χ0) is 19.5. The molecule has 0 aromatic carbocycles. The molecule has 0 spiro atoms. The highest BCUT2D eigenvalue weighted by atomic mass is 16.5. The van der Waals surface area contributed by atoms with E-state index in [1.54, 1.807) is 36.1 Å². The van der Waals surface area contributed by atoms with Crippen LogP contribution in [0.4, 0.5) is 0 Å². The summed E-state index contributed by atoms with van der Waals surface area (Å²) in [6.45, 7) is 1.27. The molecule has 0 aliphatic carbocycles. The second-order valence-electron chi connectivity index (χ2n) is 6.37. The number of nitrogens with one attached hydrogen (secondary N) is 1. The van der Waals surface area contributed by atoms with Gasteiger partial charge in [0.05, 0.1) is 12.1 Å². The lowest BCUT2D eigenvalue weighted by atomic mass is 10.3. The average molecular weight is 380 g/mol. The molecule has 8 nitrogen and oxygen atoms in total. The van der Waals surface area contributed by atoms with E-state index >= 15 is 0 Å². The van der Waals surface area contributed by atoms with E-state index in [0.29, 0.717) is 30.1 Å². The van der Waals surface area contributed by atoms with Crippen molar-refractivity contribution in [2.75, 3.05) is 20.3 Å². The summed E-state index contributed by atoms with van der Waals surface area (Å²) in [5.74, 6) is 0.424. The maximum atomic E-state index is 12.9. The van der Waals surface area contributed by atoms with E-state index in [4.69, 9.17) is 9.15 Å². The third-order valence-electron chi connectivity index (χ3n) is 4.50. The van der Waals surface area contributed by atoms with Gasteiger partial charge in [0, 0.05) is 32.7 Å². The molecule has 0 atom stereocenters. The first-order valence-electron chi connectivity index (χ1n) is 8.99. The summed E-state index contributed by atoms with van der Waals surface area (Å²) in [5, 5.41) is 2.78. The molecule has 4 aromatic heterocycles. The molecule has 0 saturated carbocycles. The smallest absolute Gasteiger partial charge is 0.286 e. The summed E-state index contributed by atoms with van der Waals surface area (Å²) < 4.78 is 14.0. The van der Waals surface area contributed by atoms with Gasteiger partial charge < -0.3 is 18.9 Å². The van der Waals surface area contributed by atoms with Crippen molar-refractivity contribution in [1.82, 2.24) is 19.3 Å². The molecule has 0 saturated heterocycles. The van der Waals surface area contributed by atoms with Crippen LogP contribution in [0.15, 0.2) is 58.0 Å². The first kappa shape index (κ1) is 18.0. The Hall–Kier alpha value is -3.39. The van der Waals surface area contributed by atoms with Crippen molar-refractivity contribution in [3.63, 3.8) is 0 Å². The molecule has 144 valence electrons. The molecule has 0 bridgehead atoms. The molecule has 0 unspecified atom stereocenters. The number of ether oxygens (including phenoxy) is 1. The number of furan rings is 1. The summed E-state index contributed by atoms with van der Waals surface area (Å²) in [6.07, 6.45) is 4.21. The number of carbonyl (C=O) groups is 1. The van der Waals surface area contributed by atoms with Gasteiger partial charge in [-0.1, -0.05) is 0 Å². The lowest BCUT2D eigenvalue weighted by Gasteiger charge is -2.10. The number of amides is 1. The monoisotopic (exact) mass is 380 g/mol. The van der Waals surface area contributed by atoms with Gasteiger partial charge in [0.15, 0.2) is 11.4 Å². The van der Waals surface area contributed by atoms with E-state index in [1.807, 2.05) is 28.8 Å². The van der Waals surface area contributed by atoms with E-state index < -0.39 is 0 Å². The molecular formula is C20H20N4O4. The Kier molecular flexibility index (Phi) is 4.94. The number of hydrogen-bond acceptors (Lipinski definition) is 5. The number of methoxy groups -OCH3 is 1. The second kappa shape index (κ2) is 7.69. The number of carbonyl (C=O) groups excluding carboxylic acids is 1. The summed E-state index contributed by atoms with van der Waals surface area (Å²) in [6, 6.07) is 10.6. The molecule has 4 heterocycles. The van der Waals surface area contributed by atoms with Crippen molar-refractivity contribution in [3.05, 3.63) is 70.7 Å². The number of nitrogens with zero attached hydrogens (tertiary/aromatic N) is 3. The highest BCUT2D eigenvalue weighted by molar-refractivity contribution is 5.91. The van der Waals surface area contributed by atoms with Gasteiger partial charge in [-0.2, -0.15) is 0 Å². The molecule has 1 N–H and O–H groups in total. The SMILES string of the molecule is COCCCNC(=O)c1ccc(Cn2c(=O)c3cccn3c3cccnc32)o1. The van der Waals surface area contributed by atoms with Gasteiger partial charge in [-0.25, -0.2) is 4.98 Å². The molecular weight excluding hydrogens is 360 g/mol. The Morgan fingerprint density at radius 2 is 2.07 bits per heavy atom. The lowest BCUT2D eigenvalue weighted by Crippen LogP contribution is -2.25. The van der Waals surface area contributed by atoms with E-state index in [-0.39, 0.29) is 23.8 Å². The van der Waals surface area contributed by atoms with Crippen LogP contribution in [0, 0.1) is 0 Å². The number of pyridine rings is 1. The Morgan fingerprint density at radius 1 is 1.21 bits per heavy atom. The second-order valence-corrected chi connectivity index (χ2v) is 6.37. The standard InChI is InChI=1S/C20H20N4O4/c1-27-12-4-10-22-19(25)17-8-7-14(28-17)13-24-18-15(5-2-9-21-18)23-11-3-6-16(23)20(24)26/h2-3,5-9,11H,4,10,12-13H2,1H3,(H,22,25). The van der Waals surface area contributed by atoms with Crippen molar-refractivity contribution in [1.29, 1.82) is 0 Å². The quantitative estimate of drug-likeness (QED) is 0.496. The zero-order valence-corrected chi connectivity index (χ0v) is 15.4. The van der Waals surface area contributed by atoms with E-state index in [2.05, 4.69) is 10.3 Å². The highest BCUT2D eigenvalue weighted by Crippen LogP contribution is 2.15. The van der Waals surface area contributed by atoms with E-state index in [0.717, 1.165) is 11.9 Å². The minimum atomic E-state index is -0.292. The van der Waals surface area contributed by atoms with Crippen molar-refractivity contribution < 1.29 is 13.9 Å². The first-order chi connectivity index (χ1) is 13.7. The Labute approximate surface area is 160 Å². The largest absolute Gasteiger partial charge is 0.454 e. The number of hydrogen-bond donors (Lipinski definition) is 1. The van der Waals surface area contributed by atoms with Crippen LogP contribution in [0.1, 0.15) is 22.7 Å². The number of rotatable bonds is 7. The van der Waals surface area contributed by atoms with Crippen LogP contribution in [-0.4, -0.2) is 40.1 Å². The summed E-state index contributed by atoms with van der Waals surface area (Å²) >= 11 is 0. The topological polar surface area (TPSA) is 90.8 Å². The van der Waals surface area contributed by atoms with Crippen LogP contribution in [0.2, 0.25) is 0 Å². The van der Waals surface area contributed by atoms with Gasteiger partial charge in [0.2, 0.25) is 0 Å². The van der Waals surface area contributed by atoms with Crippen molar-refractivity contribution in [2.24, 2.45) is 0 Å². The molecule has 1 amide bonds. The number of fused-ring (bicyclic) bond motifs is 3. The van der Waals surface area contributed by atoms with Gasteiger partial charge >= 0.3 is 0 Å². The fourth-order valence-corrected chi connectivity index (χ4v) is 3.18. The molecule has 0 radical (unpaired) electrons. The van der Waals surface area contributed by atoms with Gasteiger partial charge in [0.25, 0.3) is 11.5 Å². The van der Waals surface area contributed by atoms with Crippen LogP contribution >= 0.6 is 0 Å². The van der Waals surface area contributed by atoms with Gasteiger partial charge in [-0.05, 0) is 42.8 Å². The van der Waals surface area contributed by atoms with Crippen LogP contribution in [0.3, 0.4) is 0 Å². The third kappa shape index (κ3) is 3.29. The fourth-order valence-electron chi connectivity index (χ4n) is 3.18. The van der Waals surface area contributed by atoms with Crippen LogP contribution in [-0.2, 0) is 11.3 Å². The minimum absolute atomic E-state index is 0.168. The normalized spacial score (nSPS) is 11.3. The van der Waals surface area contributed by atoms with E-state index in [1.165, 1.54) is 0 Å². The third-order valence-corrected chi connectivity index (χ3v) is 4.50. The van der Waals surface area contributed by atoms with Crippen molar-refractivity contribution >= 4 is 22.6 Å². The predicted molar refractivity (Wildman–Crippen MR) is 104 cm³/mol. The summed E-state index contributed by atoms with van der Waals surface area (Å²) in [5.41, 5.74) is 1.77. The average Bonchev–Trinajstić information content (AvgIpc) is 3.38. The van der Waals surface area contributed by atoms with Gasteiger partial charge in [-0.3, -0.25) is 14.2 Å². The molecule has 4 rings (SSSR count). The Bertz CT molecular complexity index is 1190.